The summed E-state index contributed by atoms with van der Waals surface area (Å²) in [6.07, 6.45) is 0.572. The molecule has 2 fully saturated rings. The van der Waals surface area contributed by atoms with Gasteiger partial charge in [-0.05, 0) is 13.3 Å². The van der Waals surface area contributed by atoms with Crippen molar-refractivity contribution >= 4 is 41.4 Å². The molecule has 0 aromatic carbocycles. The van der Waals surface area contributed by atoms with Gasteiger partial charge >= 0.3 is 5.97 Å². The lowest BCUT2D eigenvalue weighted by Gasteiger charge is -2.47. The van der Waals surface area contributed by atoms with Crippen LogP contribution in [0.3, 0.4) is 0 Å². The molecule has 182 valence electrons. The lowest BCUT2D eigenvalue weighted by molar-refractivity contribution is -0.158. The first-order chi connectivity index (χ1) is 15.4. The molecule has 3 heterocycles. The molecule has 3 aliphatic rings. The fourth-order valence-corrected chi connectivity index (χ4v) is 6.22. The van der Waals surface area contributed by atoms with Crippen molar-refractivity contribution in [3.8, 4) is 0 Å². The molecule has 6 atom stereocenters. The van der Waals surface area contributed by atoms with Crippen molar-refractivity contribution < 1.29 is 24.3 Å². The van der Waals surface area contributed by atoms with Gasteiger partial charge in [-0.1, -0.05) is 6.92 Å². The van der Waals surface area contributed by atoms with Crippen LogP contribution in [0.4, 0.5) is 0 Å². The largest absolute Gasteiger partial charge is 0.477 e. The Kier molecular flexibility index (Phi) is 7.22. The number of aliphatic carboxylic acids is 1. The summed E-state index contributed by atoms with van der Waals surface area (Å²) in [6.45, 7) is 3.98. The number of carboxylic acid groups (broad SMARTS) is 1. The van der Waals surface area contributed by atoms with E-state index in [4.69, 9.17) is 11.1 Å². The summed E-state index contributed by atoms with van der Waals surface area (Å²) in [6, 6.07) is -1.19. The summed E-state index contributed by atoms with van der Waals surface area (Å²) in [5.74, 6) is -3.04. The first-order valence-corrected chi connectivity index (χ1v) is 11.6. The molecular weight excluding hydrogens is 450 g/mol. The molecule has 0 aromatic rings. The zero-order valence-corrected chi connectivity index (χ0v) is 19.9. The maximum absolute atomic E-state index is 12.9. The Bertz CT molecular complexity index is 907. The van der Waals surface area contributed by atoms with Crippen molar-refractivity contribution in [2.45, 2.75) is 43.6 Å². The van der Waals surface area contributed by atoms with E-state index in [-0.39, 0.29) is 53.3 Å². The number of hydrogen-bond donors (Lipinski definition) is 6. The first-order valence-electron chi connectivity index (χ1n) is 10.7. The number of thioether (sulfide) groups is 1. The quantitative estimate of drug-likeness (QED) is 0.134. The van der Waals surface area contributed by atoms with Crippen molar-refractivity contribution in [3.05, 3.63) is 10.6 Å². The molecule has 3 amide bonds. The van der Waals surface area contributed by atoms with Gasteiger partial charge in [-0.2, -0.15) is 0 Å². The molecule has 0 unspecified atom stereocenters. The predicted molar refractivity (Wildman–Crippen MR) is 122 cm³/mol. The number of likely N-dealkylation sites (N-methyl/N-ethyl adjacent to an activating group) is 1. The summed E-state index contributed by atoms with van der Waals surface area (Å²) >= 11 is 1.42. The number of nitrogens with two attached hydrogens (primary N) is 1. The van der Waals surface area contributed by atoms with Crippen LogP contribution in [0.25, 0.3) is 0 Å². The van der Waals surface area contributed by atoms with Crippen molar-refractivity contribution in [1.82, 2.24) is 25.8 Å². The molecule has 0 bridgehead atoms. The third kappa shape index (κ3) is 4.78. The summed E-state index contributed by atoms with van der Waals surface area (Å²) in [7, 11) is 3.39. The number of rotatable bonds is 8. The van der Waals surface area contributed by atoms with Crippen LogP contribution in [0.1, 0.15) is 20.3 Å². The summed E-state index contributed by atoms with van der Waals surface area (Å²) in [4.78, 5) is 52.8. The van der Waals surface area contributed by atoms with E-state index in [0.29, 0.717) is 17.9 Å². The van der Waals surface area contributed by atoms with Gasteiger partial charge in [-0.25, -0.2) is 4.79 Å². The zero-order chi connectivity index (χ0) is 24.6. The number of nitrogens with zero attached hydrogens (tertiary/aromatic N) is 2. The lowest BCUT2D eigenvalue weighted by Crippen LogP contribution is -2.66. The van der Waals surface area contributed by atoms with Gasteiger partial charge < -0.3 is 36.6 Å². The number of carbonyl (C=O) groups excluding carboxylic acids is 3. The smallest absolute Gasteiger partial charge is 0.353 e. The van der Waals surface area contributed by atoms with E-state index < -0.39 is 23.8 Å². The molecule has 3 rings (SSSR count). The van der Waals surface area contributed by atoms with E-state index in [1.165, 1.54) is 21.6 Å². The van der Waals surface area contributed by atoms with Crippen molar-refractivity contribution in [2.24, 2.45) is 17.6 Å². The highest BCUT2D eigenvalue weighted by molar-refractivity contribution is 8.03. The standard InChI is InChI=1S/C20H31N7O5S/c1-8-14-13(9(2)25-12(28)7-24-20(21)22)18(30)27(14)15(19(31)32)16(8)33-10-5-11(23-6-10)17(29)26(3)4/h8-11,13-14,23H,5-7H2,1-4H3,(H,25,28)(H,31,32)(H4,21,22,24)/t8-,9-,10+,11+,13-,14-/m1/s1. The van der Waals surface area contributed by atoms with Crippen LogP contribution in [0.5, 0.6) is 0 Å². The fourth-order valence-electron chi connectivity index (χ4n) is 4.74. The van der Waals surface area contributed by atoms with Gasteiger partial charge in [0, 0.05) is 42.8 Å². The molecule has 12 nitrogen and oxygen atoms in total. The summed E-state index contributed by atoms with van der Waals surface area (Å²) in [5, 5.41) is 25.3. The maximum Gasteiger partial charge on any atom is 0.353 e. The van der Waals surface area contributed by atoms with Gasteiger partial charge in [0.2, 0.25) is 17.7 Å². The van der Waals surface area contributed by atoms with Crippen LogP contribution in [-0.4, -0.2) is 95.1 Å². The van der Waals surface area contributed by atoms with Crippen LogP contribution >= 0.6 is 11.8 Å². The molecule has 0 aromatic heterocycles. The Labute approximate surface area is 196 Å². The van der Waals surface area contributed by atoms with E-state index in [9.17, 15) is 24.3 Å². The van der Waals surface area contributed by atoms with Crippen LogP contribution in [0.15, 0.2) is 10.6 Å². The second kappa shape index (κ2) is 9.59. The van der Waals surface area contributed by atoms with Crippen LogP contribution < -0.4 is 21.7 Å². The molecular formula is C20H31N7O5S. The average Bonchev–Trinajstić information content (AvgIpc) is 3.28. The van der Waals surface area contributed by atoms with Gasteiger partial charge in [-0.3, -0.25) is 19.8 Å². The van der Waals surface area contributed by atoms with E-state index >= 15 is 0 Å². The van der Waals surface area contributed by atoms with E-state index in [1.54, 1.807) is 21.0 Å². The maximum atomic E-state index is 12.9. The number of amides is 3. The minimum atomic E-state index is -1.16. The van der Waals surface area contributed by atoms with Crippen LogP contribution in [0.2, 0.25) is 0 Å². The second-order valence-corrected chi connectivity index (χ2v) is 10.2. The minimum absolute atomic E-state index is 0.00194. The molecule has 7 N–H and O–H groups in total. The van der Waals surface area contributed by atoms with Crippen molar-refractivity contribution in [1.29, 1.82) is 5.41 Å². The summed E-state index contributed by atoms with van der Waals surface area (Å²) in [5.41, 5.74) is 5.19. The van der Waals surface area contributed by atoms with E-state index in [0.717, 1.165) is 0 Å². The minimum Gasteiger partial charge on any atom is -0.477 e. The molecule has 13 heteroatoms. The van der Waals surface area contributed by atoms with Crippen LogP contribution in [-0.2, 0) is 19.2 Å². The predicted octanol–water partition coefficient (Wildman–Crippen LogP) is -1.70. The third-order valence-electron chi connectivity index (χ3n) is 6.28. The molecule has 2 saturated heterocycles. The first kappa shape index (κ1) is 24.8. The monoisotopic (exact) mass is 481 g/mol. The number of carbonyl (C=O) groups is 4. The number of carboxylic acids is 1. The normalized spacial score (nSPS) is 29.3. The van der Waals surface area contributed by atoms with Crippen molar-refractivity contribution in [3.63, 3.8) is 0 Å². The molecule has 0 aliphatic carbocycles. The Morgan fingerprint density at radius 3 is 2.64 bits per heavy atom. The summed E-state index contributed by atoms with van der Waals surface area (Å²) < 4.78 is 0. The molecule has 3 aliphatic heterocycles. The Morgan fingerprint density at radius 1 is 1.39 bits per heavy atom. The van der Waals surface area contributed by atoms with Gasteiger partial charge in [0.05, 0.1) is 24.5 Å². The number of β-lactam (4-membered cyclic amide) rings is 1. The second-order valence-electron chi connectivity index (χ2n) is 8.82. The third-order valence-corrected chi connectivity index (χ3v) is 7.79. The van der Waals surface area contributed by atoms with E-state index in [1.807, 2.05) is 6.92 Å². The number of hydrogen-bond acceptors (Lipinski definition) is 7. The number of nitrogens with one attached hydrogen (secondary N) is 4. The van der Waals surface area contributed by atoms with E-state index in [2.05, 4.69) is 16.0 Å². The number of guanidine groups is 1. The molecule has 0 radical (unpaired) electrons. The molecule has 0 saturated carbocycles. The highest BCUT2D eigenvalue weighted by Gasteiger charge is 2.60. The molecule has 33 heavy (non-hydrogen) atoms. The Morgan fingerprint density at radius 2 is 2.06 bits per heavy atom. The zero-order valence-electron chi connectivity index (χ0n) is 19.0. The van der Waals surface area contributed by atoms with Gasteiger partial charge in [0.25, 0.3) is 0 Å². The number of fused-ring (bicyclic) bond motifs is 1. The lowest BCUT2D eigenvalue weighted by atomic mass is 9.78. The highest BCUT2D eigenvalue weighted by atomic mass is 32.2. The van der Waals surface area contributed by atoms with Crippen molar-refractivity contribution in [2.75, 3.05) is 27.2 Å². The topological polar surface area (TPSA) is 181 Å². The SMILES string of the molecule is C[C@@H](NC(=O)CNC(=N)N)[C@H]1C(=O)N2C(C(=O)O)=C(S[C@@H]3CN[C@H](C(=O)N(C)C)C3)[C@H](C)[C@H]12. The Balaban J connectivity index is 1.70. The highest BCUT2D eigenvalue weighted by Crippen LogP contribution is 2.51. The van der Waals surface area contributed by atoms with Gasteiger partial charge in [0.15, 0.2) is 5.96 Å². The van der Waals surface area contributed by atoms with Gasteiger partial charge in [-0.15, -0.1) is 11.8 Å². The molecule has 0 spiro atoms. The fraction of sp³-hybridized carbons (Fsp3) is 0.650. The average molecular weight is 482 g/mol. The Hall–Kier alpha value is -2.80. The van der Waals surface area contributed by atoms with Gasteiger partial charge in [0.1, 0.15) is 5.70 Å². The van der Waals surface area contributed by atoms with Crippen LogP contribution in [0, 0.1) is 17.2 Å².